The van der Waals surface area contributed by atoms with Crippen LogP contribution >= 0.6 is 0 Å². The van der Waals surface area contributed by atoms with Gasteiger partial charge in [0.1, 0.15) is 0 Å². The molecule has 0 atom stereocenters. The third-order valence-electron chi connectivity index (χ3n) is 3.40. The monoisotopic (exact) mass is 196 g/mol. The van der Waals surface area contributed by atoms with E-state index in [1.165, 1.54) is 45.7 Å². The van der Waals surface area contributed by atoms with Gasteiger partial charge in [0.2, 0.25) is 0 Å². The normalized spacial score (nSPS) is 26.6. The second-order valence-electron chi connectivity index (χ2n) is 5.77. The molecule has 82 valence electrons. The molecule has 0 bridgehead atoms. The zero-order chi connectivity index (χ0) is 10.2. The Morgan fingerprint density at radius 1 is 1.07 bits per heavy atom. The lowest BCUT2D eigenvalue weighted by Crippen LogP contribution is -2.72. The zero-order valence-corrected chi connectivity index (χ0v) is 9.92. The molecular weight excluding hydrogens is 172 g/mol. The quantitative estimate of drug-likeness (QED) is 0.675. The van der Waals surface area contributed by atoms with Crippen LogP contribution in [0.15, 0.2) is 0 Å². The van der Waals surface area contributed by atoms with Crippen LogP contribution in [0.4, 0.5) is 0 Å². The fourth-order valence-electron chi connectivity index (χ4n) is 3.12. The van der Waals surface area contributed by atoms with Crippen molar-refractivity contribution in [1.82, 2.24) is 9.80 Å². The summed E-state index contributed by atoms with van der Waals surface area (Å²) in [5.41, 5.74) is 0.726. The molecule has 0 aromatic heterocycles. The maximum Gasteiger partial charge on any atom is 0.0212 e. The molecule has 2 aliphatic heterocycles. The first-order valence-corrected chi connectivity index (χ1v) is 6.08. The van der Waals surface area contributed by atoms with Gasteiger partial charge in [-0.1, -0.05) is 20.8 Å². The number of hydrogen-bond donors (Lipinski definition) is 0. The van der Waals surface area contributed by atoms with Crippen LogP contribution in [0.3, 0.4) is 0 Å². The van der Waals surface area contributed by atoms with E-state index in [0.29, 0.717) is 0 Å². The van der Waals surface area contributed by atoms with E-state index in [9.17, 15) is 0 Å². The smallest absolute Gasteiger partial charge is 0.0212 e. The summed E-state index contributed by atoms with van der Waals surface area (Å²) in [7, 11) is 0. The van der Waals surface area contributed by atoms with Crippen molar-refractivity contribution in [3.8, 4) is 0 Å². The van der Waals surface area contributed by atoms with Crippen molar-refractivity contribution in [2.24, 2.45) is 11.3 Å². The highest BCUT2D eigenvalue weighted by molar-refractivity contribution is 5.05. The lowest BCUT2D eigenvalue weighted by Gasteiger charge is -2.61. The summed E-state index contributed by atoms with van der Waals surface area (Å²) in [6.07, 6.45) is 1.31. The molecule has 0 unspecified atom stereocenters. The van der Waals surface area contributed by atoms with Crippen molar-refractivity contribution in [3.05, 3.63) is 0 Å². The van der Waals surface area contributed by atoms with Gasteiger partial charge in [0.05, 0.1) is 0 Å². The molecule has 0 saturated carbocycles. The average molecular weight is 196 g/mol. The lowest BCUT2D eigenvalue weighted by molar-refractivity contribution is -0.117. The summed E-state index contributed by atoms with van der Waals surface area (Å²) in [6.45, 7) is 15.0. The van der Waals surface area contributed by atoms with Crippen LogP contribution in [-0.2, 0) is 0 Å². The molecule has 2 nitrogen and oxygen atoms in total. The third-order valence-corrected chi connectivity index (χ3v) is 3.40. The highest BCUT2D eigenvalue weighted by Gasteiger charge is 2.50. The molecule has 2 fully saturated rings. The number of likely N-dealkylation sites (tertiary alicyclic amines) is 2. The molecular formula is C12H24N2. The molecule has 2 heteroatoms. The first-order chi connectivity index (χ1) is 6.63. The molecule has 0 radical (unpaired) electrons. The van der Waals surface area contributed by atoms with Gasteiger partial charge >= 0.3 is 0 Å². The predicted octanol–water partition coefficient (Wildman–Crippen LogP) is 1.67. The maximum atomic E-state index is 2.62. The average Bonchev–Trinajstić information content (AvgIpc) is 1.95. The van der Waals surface area contributed by atoms with E-state index >= 15 is 0 Å². The lowest BCUT2D eigenvalue weighted by atomic mass is 9.72. The van der Waals surface area contributed by atoms with Crippen LogP contribution in [0.5, 0.6) is 0 Å². The summed E-state index contributed by atoms with van der Waals surface area (Å²) < 4.78 is 0. The van der Waals surface area contributed by atoms with E-state index in [1.54, 1.807) is 0 Å². The second-order valence-corrected chi connectivity index (χ2v) is 5.77. The van der Waals surface area contributed by atoms with Crippen molar-refractivity contribution in [3.63, 3.8) is 0 Å². The molecule has 0 aromatic rings. The maximum absolute atomic E-state index is 2.62. The minimum Gasteiger partial charge on any atom is -0.302 e. The Labute approximate surface area is 88.3 Å². The van der Waals surface area contributed by atoms with E-state index < -0.39 is 0 Å². The largest absolute Gasteiger partial charge is 0.302 e. The summed E-state index contributed by atoms with van der Waals surface area (Å²) in [4.78, 5) is 5.22. The fraction of sp³-hybridized carbons (Fsp3) is 1.00. The van der Waals surface area contributed by atoms with Gasteiger partial charge in [-0.15, -0.1) is 0 Å². The van der Waals surface area contributed by atoms with Crippen molar-refractivity contribution in [2.75, 3.05) is 39.3 Å². The summed E-state index contributed by atoms with van der Waals surface area (Å²) in [5.74, 6) is 0.833. The van der Waals surface area contributed by atoms with Crippen LogP contribution in [0, 0.1) is 11.3 Å². The van der Waals surface area contributed by atoms with Crippen molar-refractivity contribution in [2.45, 2.75) is 27.2 Å². The molecule has 2 rings (SSSR count). The number of nitrogens with zero attached hydrogens (tertiary/aromatic N) is 2. The Balaban J connectivity index is 1.64. The fourth-order valence-corrected chi connectivity index (χ4v) is 3.12. The molecule has 2 aliphatic rings. The summed E-state index contributed by atoms with van der Waals surface area (Å²) in [6, 6.07) is 0. The van der Waals surface area contributed by atoms with Gasteiger partial charge in [-0.25, -0.2) is 0 Å². The van der Waals surface area contributed by atoms with E-state index in [1.807, 2.05) is 0 Å². The van der Waals surface area contributed by atoms with Gasteiger partial charge in [0.15, 0.2) is 0 Å². The molecule has 2 saturated heterocycles. The van der Waals surface area contributed by atoms with Crippen molar-refractivity contribution < 1.29 is 0 Å². The number of rotatable bonds is 4. The van der Waals surface area contributed by atoms with Crippen molar-refractivity contribution in [1.29, 1.82) is 0 Å². The van der Waals surface area contributed by atoms with Crippen LogP contribution in [-0.4, -0.2) is 49.1 Å². The highest BCUT2D eigenvalue weighted by atomic mass is 15.3. The summed E-state index contributed by atoms with van der Waals surface area (Å²) in [5, 5.41) is 0. The van der Waals surface area contributed by atoms with Gasteiger partial charge in [-0.05, 0) is 18.9 Å². The Bertz CT molecular complexity index is 186. The minimum absolute atomic E-state index is 0.726. The molecule has 0 aromatic carbocycles. The second kappa shape index (κ2) is 3.82. The Kier molecular flexibility index (Phi) is 2.85. The molecule has 0 aliphatic carbocycles. The molecule has 0 N–H and O–H groups in total. The number of hydrogen-bond acceptors (Lipinski definition) is 2. The Hall–Kier alpha value is -0.0800. The van der Waals surface area contributed by atoms with E-state index in [-0.39, 0.29) is 0 Å². The molecule has 0 amide bonds. The van der Waals surface area contributed by atoms with E-state index in [0.717, 1.165) is 11.3 Å². The standard InChI is InChI=1S/C12H24N2/c1-4-5-13-7-12(8-13)9-14(10-12)6-11(2)3/h11H,4-10H2,1-3H3. The van der Waals surface area contributed by atoms with E-state index in [4.69, 9.17) is 0 Å². The Morgan fingerprint density at radius 3 is 2.14 bits per heavy atom. The SMILES string of the molecule is CCCN1CC2(C1)CN(CC(C)C)C2. The minimum atomic E-state index is 0.726. The van der Waals surface area contributed by atoms with Crippen LogP contribution in [0.25, 0.3) is 0 Å². The van der Waals surface area contributed by atoms with Crippen LogP contribution in [0.2, 0.25) is 0 Å². The van der Waals surface area contributed by atoms with Gasteiger partial charge in [-0.3, -0.25) is 0 Å². The summed E-state index contributed by atoms with van der Waals surface area (Å²) >= 11 is 0. The van der Waals surface area contributed by atoms with Crippen LogP contribution < -0.4 is 0 Å². The van der Waals surface area contributed by atoms with Gasteiger partial charge < -0.3 is 9.80 Å². The van der Waals surface area contributed by atoms with E-state index in [2.05, 4.69) is 30.6 Å². The zero-order valence-electron chi connectivity index (χ0n) is 9.92. The van der Waals surface area contributed by atoms with Crippen LogP contribution in [0.1, 0.15) is 27.2 Å². The molecule has 14 heavy (non-hydrogen) atoms. The first kappa shape index (κ1) is 10.4. The highest BCUT2D eigenvalue weighted by Crippen LogP contribution is 2.39. The van der Waals surface area contributed by atoms with Crippen molar-refractivity contribution >= 4 is 0 Å². The molecule has 2 heterocycles. The Morgan fingerprint density at radius 2 is 1.64 bits per heavy atom. The van der Waals surface area contributed by atoms with Gasteiger partial charge in [0.25, 0.3) is 0 Å². The van der Waals surface area contributed by atoms with Gasteiger partial charge in [-0.2, -0.15) is 0 Å². The first-order valence-electron chi connectivity index (χ1n) is 6.08. The predicted molar refractivity (Wildman–Crippen MR) is 60.4 cm³/mol. The topological polar surface area (TPSA) is 6.48 Å². The molecule has 1 spiro atoms. The van der Waals surface area contributed by atoms with Gasteiger partial charge in [0, 0.05) is 38.1 Å². The third kappa shape index (κ3) is 1.96.